The van der Waals surface area contributed by atoms with E-state index >= 15 is 0 Å². The van der Waals surface area contributed by atoms with E-state index in [-0.39, 0.29) is 12.0 Å². The SMILES string of the molecule is COc1c(F)ccc(CC#N)c1F. The molecule has 1 aromatic carbocycles. The minimum atomic E-state index is -0.802. The van der Waals surface area contributed by atoms with E-state index in [2.05, 4.69) is 4.74 Å². The highest BCUT2D eigenvalue weighted by molar-refractivity contribution is 5.33. The Bertz CT molecular complexity index is 357. The summed E-state index contributed by atoms with van der Waals surface area (Å²) < 4.78 is 30.5. The Kier molecular flexibility index (Phi) is 2.80. The Morgan fingerprint density at radius 2 is 2.15 bits per heavy atom. The summed E-state index contributed by atoms with van der Waals surface area (Å²) in [6.07, 6.45) is -0.0948. The molecule has 0 atom stereocenters. The summed E-state index contributed by atoms with van der Waals surface area (Å²) in [5, 5.41) is 8.33. The molecule has 0 N–H and O–H groups in total. The van der Waals surface area contributed by atoms with Crippen molar-refractivity contribution in [1.82, 2.24) is 0 Å². The first-order valence-electron chi connectivity index (χ1n) is 3.58. The number of hydrogen-bond donors (Lipinski definition) is 0. The van der Waals surface area contributed by atoms with Crippen molar-refractivity contribution in [2.75, 3.05) is 7.11 Å². The van der Waals surface area contributed by atoms with Gasteiger partial charge in [0.2, 0.25) is 0 Å². The summed E-state index contributed by atoms with van der Waals surface area (Å²) in [6.45, 7) is 0. The van der Waals surface area contributed by atoms with Gasteiger partial charge in [0, 0.05) is 5.56 Å². The first-order chi connectivity index (χ1) is 6.20. The Morgan fingerprint density at radius 3 is 2.69 bits per heavy atom. The molecule has 0 spiro atoms. The molecule has 0 aliphatic rings. The maximum atomic E-state index is 13.2. The number of hydrogen-bond acceptors (Lipinski definition) is 2. The van der Waals surface area contributed by atoms with Crippen molar-refractivity contribution in [3.05, 3.63) is 29.3 Å². The van der Waals surface area contributed by atoms with Crippen molar-refractivity contribution < 1.29 is 13.5 Å². The zero-order chi connectivity index (χ0) is 9.84. The van der Waals surface area contributed by atoms with E-state index in [0.717, 1.165) is 6.07 Å². The summed E-state index contributed by atoms with van der Waals surface area (Å²) >= 11 is 0. The summed E-state index contributed by atoms with van der Waals surface area (Å²) in [6, 6.07) is 4.09. The van der Waals surface area contributed by atoms with Crippen LogP contribution in [0.4, 0.5) is 8.78 Å². The first-order valence-corrected chi connectivity index (χ1v) is 3.58. The van der Waals surface area contributed by atoms with Crippen LogP contribution >= 0.6 is 0 Å². The molecule has 68 valence electrons. The number of methoxy groups -OCH3 is 1. The van der Waals surface area contributed by atoms with Crippen LogP contribution in [0.3, 0.4) is 0 Å². The number of halogens is 2. The van der Waals surface area contributed by atoms with Crippen LogP contribution in [-0.4, -0.2) is 7.11 Å². The van der Waals surface area contributed by atoms with Crippen LogP contribution in [0.2, 0.25) is 0 Å². The minimum absolute atomic E-state index is 0.0948. The molecule has 2 nitrogen and oxygen atoms in total. The van der Waals surface area contributed by atoms with Crippen LogP contribution in [-0.2, 0) is 6.42 Å². The van der Waals surface area contributed by atoms with Crippen LogP contribution in [0, 0.1) is 23.0 Å². The van der Waals surface area contributed by atoms with E-state index in [9.17, 15) is 8.78 Å². The second-order valence-corrected chi connectivity index (χ2v) is 2.39. The number of benzene rings is 1. The lowest BCUT2D eigenvalue weighted by Gasteiger charge is -2.05. The molecule has 4 heteroatoms. The van der Waals surface area contributed by atoms with Crippen LogP contribution in [0.5, 0.6) is 5.75 Å². The van der Waals surface area contributed by atoms with Crippen LogP contribution in [0.25, 0.3) is 0 Å². The zero-order valence-corrected chi connectivity index (χ0v) is 6.97. The lowest BCUT2D eigenvalue weighted by Crippen LogP contribution is -1.97. The maximum absolute atomic E-state index is 13.2. The third-order valence-corrected chi connectivity index (χ3v) is 1.60. The molecular formula is C9H7F2NO. The summed E-state index contributed by atoms with van der Waals surface area (Å²) in [5.74, 6) is -2.00. The van der Waals surface area contributed by atoms with Crippen molar-refractivity contribution in [3.8, 4) is 11.8 Å². The van der Waals surface area contributed by atoms with Crippen molar-refractivity contribution in [2.45, 2.75) is 6.42 Å². The van der Waals surface area contributed by atoms with Gasteiger partial charge in [-0.2, -0.15) is 5.26 Å². The van der Waals surface area contributed by atoms with E-state index in [1.165, 1.54) is 13.2 Å². The van der Waals surface area contributed by atoms with Gasteiger partial charge in [-0.1, -0.05) is 6.07 Å². The highest BCUT2D eigenvalue weighted by Crippen LogP contribution is 2.24. The smallest absolute Gasteiger partial charge is 0.190 e. The van der Waals surface area contributed by atoms with Gasteiger partial charge in [0.25, 0.3) is 0 Å². The number of ether oxygens (including phenoxy) is 1. The number of rotatable bonds is 2. The average Bonchev–Trinajstić information content (AvgIpc) is 2.11. The van der Waals surface area contributed by atoms with E-state index < -0.39 is 17.4 Å². The fourth-order valence-corrected chi connectivity index (χ4v) is 0.982. The van der Waals surface area contributed by atoms with Crippen LogP contribution in [0.1, 0.15) is 5.56 Å². The van der Waals surface area contributed by atoms with Gasteiger partial charge in [0.05, 0.1) is 19.6 Å². The topological polar surface area (TPSA) is 33.0 Å². The van der Waals surface area contributed by atoms with Crippen molar-refractivity contribution in [1.29, 1.82) is 5.26 Å². The monoisotopic (exact) mass is 183 g/mol. The van der Waals surface area contributed by atoms with Gasteiger partial charge in [-0.05, 0) is 6.07 Å². The van der Waals surface area contributed by atoms with Gasteiger partial charge < -0.3 is 4.74 Å². The van der Waals surface area contributed by atoms with Crippen molar-refractivity contribution in [3.63, 3.8) is 0 Å². The first kappa shape index (κ1) is 9.46. The van der Waals surface area contributed by atoms with Crippen LogP contribution in [0.15, 0.2) is 12.1 Å². The summed E-state index contributed by atoms with van der Waals surface area (Å²) in [5.41, 5.74) is 0.140. The van der Waals surface area contributed by atoms with Gasteiger partial charge in [-0.15, -0.1) is 0 Å². The van der Waals surface area contributed by atoms with Crippen molar-refractivity contribution >= 4 is 0 Å². The third-order valence-electron chi connectivity index (χ3n) is 1.60. The molecule has 1 aromatic rings. The molecule has 0 aromatic heterocycles. The average molecular weight is 183 g/mol. The zero-order valence-electron chi connectivity index (χ0n) is 6.97. The van der Waals surface area contributed by atoms with Gasteiger partial charge in [0.1, 0.15) is 0 Å². The quantitative estimate of drug-likeness (QED) is 0.702. The predicted molar refractivity (Wildman–Crippen MR) is 42.2 cm³/mol. The molecule has 0 aliphatic carbocycles. The second kappa shape index (κ2) is 3.85. The van der Waals surface area contributed by atoms with E-state index in [1.807, 2.05) is 0 Å². The molecule has 0 fully saturated rings. The lowest BCUT2D eigenvalue weighted by atomic mass is 10.1. The predicted octanol–water partition coefficient (Wildman–Crippen LogP) is 2.04. The normalized spacial score (nSPS) is 9.38. The van der Waals surface area contributed by atoms with E-state index in [1.54, 1.807) is 6.07 Å². The Hall–Kier alpha value is -1.63. The second-order valence-electron chi connectivity index (χ2n) is 2.39. The molecule has 0 saturated heterocycles. The van der Waals surface area contributed by atoms with Gasteiger partial charge in [0.15, 0.2) is 17.4 Å². The van der Waals surface area contributed by atoms with Gasteiger partial charge >= 0.3 is 0 Å². The Balaban J connectivity index is 3.21. The van der Waals surface area contributed by atoms with E-state index in [0.29, 0.717) is 0 Å². The molecule has 13 heavy (non-hydrogen) atoms. The molecular weight excluding hydrogens is 176 g/mol. The molecule has 1 rings (SSSR count). The number of nitriles is 1. The summed E-state index contributed by atoms with van der Waals surface area (Å²) in [4.78, 5) is 0. The molecule has 0 saturated carbocycles. The largest absolute Gasteiger partial charge is 0.491 e. The molecule has 0 aliphatic heterocycles. The van der Waals surface area contributed by atoms with E-state index in [4.69, 9.17) is 5.26 Å². The van der Waals surface area contributed by atoms with Crippen LogP contribution < -0.4 is 4.74 Å². The Labute approximate surface area is 74.4 Å². The fraction of sp³-hybridized carbons (Fsp3) is 0.222. The lowest BCUT2D eigenvalue weighted by molar-refractivity contribution is 0.358. The van der Waals surface area contributed by atoms with Gasteiger partial charge in [-0.3, -0.25) is 0 Å². The third kappa shape index (κ3) is 1.75. The Morgan fingerprint density at radius 1 is 1.46 bits per heavy atom. The summed E-state index contributed by atoms with van der Waals surface area (Å²) in [7, 11) is 1.18. The van der Waals surface area contributed by atoms with Gasteiger partial charge in [-0.25, -0.2) is 8.78 Å². The molecule has 0 heterocycles. The molecule has 0 bridgehead atoms. The molecule has 0 unspecified atom stereocenters. The highest BCUT2D eigenvalue weighted by Gasteiger charge is 2.13. The standard InChI is InChI=1S/C9H7F2NO/c1-13-9-7(10)3-2-6(4-5-12)8(9)11/h2-3H,4H2,1H3. The number of nitrogens with zero attached hydrogens (tertiary/aromatic N) is 1. The minimum Gasteiger partial charge on any atom is -0.491 e. The maximum Gasteiger partial charge on any atom is 0.190 e. The fourth-order valence-electron chi connectivity index (χ4n) is 0.982. The molecule has 0 amide bonds. The van der Waals surface area contributed by atoms with Crippen molar-refractivity contribution in [2.24, 2.45) is 0 Å². The highest BCUT2D eigenvalue weighted by atomic mass is 19.1. The molecule has 0 radical (unpaired) electrons.